The highest BCUT2D eigenvalue weighted by molar-refractivity contribution is 5.61. The second kappa shape index (κ2) is 9.22. The van der Waals surface area contributed by atoms with Crippen molar-refractivity contribution in [3.8, 4) is 5.75 Å². The molecule has 1 N–H and O–H groups in total. The van der Waals surface area contributed by atoms with Crippen molar-refractivity contribution < 1.29 is 9.66 Å². The summed E-state index contributed by atoms with van der Waals surface area (Å²) in [5.41, 5.74) is 7.15. The van der Waals surface area contributed by atoms with Crippen LogP contribution in [0.2, 0.25) is 0 Å². The van der Waals surface area contributed by atoms with E-state index in [-0.39, 0.29) is 16.7 Å². The van der Waals surface area contributed by atoms with Crippen LogP contribution in [-0.2, 0) is 12.0 Å². The van der Waals surface area contributed by atoms with Gasteiger partial charge < -0.3 is 10.1 Å². The number of hydrogen-bond acceptors (Lipinski definition) is 4. The Hall–Kier alpha value is -3.60. The summed E-state index contributed by atoms with van der Waals surface area (Å²) in [6.45, 7) is 0.382. The van der Waals surface area contributed by atoms with E-state index in [0.29, 0.717) is 23.9 Å². The standard InChI is InChI=1S/C35H36N2O3/c38-37(39)28-9-4-22(5-10-28)21-40-29-11-6-26(7-12-29)34-31-3-1-2-30(31)32-17-27(8-13-33(32)36-34)35-18-23-14-24(19-35)16-25(15-23)20-35/h1-2,4-13,17,23-25,30-31,34,36H,3,14-16,18-21H2/t23?,24?,25?,30-,31-,34-,35?/m0/s1. The second-order valence-electron chi connectivity index (χ2n) is 13.3. The van der Waals surface area contributed by atoms with Gasteiger partial charge >= 0.3 is 0 Å². The van der Waals surface area contributed by atoms with E-state index in [2.05, 4.69) is 47.8 Å². The molecular formula is C35H36N2O3. The molecule has 0 amide bonds. The Kier molecular flexibility index (Phi) is 5.58. The summed E-state index contributed by atoms with van der Waals surface area (Å²) in [6.07, 6.45) is 14.6. The number of rotatable bonds is 6. The summed E-state index contributed by atoms with van der Waals surface area (Å²) in [7, 11) is 0. The predicted octanol–water partition coefficient (Wildman–Crippen LogP) is 8.47. The first kappa shape index (κ1) is 24.2. The van der Waals surface area contributed by atoms with Crippen molar-refractivity contribution in [2.24, 2.45) is 23.7 Å². The summed E-state index contributed by atoms with van der Waals surface area (Å²) < 4.78 is 5.99. The summed E-state index contributed by atoms with van der Waals surface area (Å²) in [6, 6.07) is 22.7. The predicted molar refractivity (Wildman–Crippen MR) is 157 cm³/mol. The van der Waals surface area contributed by atoms with E-state index < -0.39 is 0 Å². The molecule has 0 saturated heterocycles. The molecule has 9 rings (SSSR count). The molecule has 4 fully saturated rings. The maximum atomic E-state index is 10.9. The Labute approximate surface area is 235 Å². The van der Waals surface area contributed by atoms with Crippen LogP contribution in [0.25, 0.3) is 0 Å². The summed E-state index contributed by atoms with van der Waals surface area (Å²) in [5.74, 6) is 4.68. The normalized spacial score (nSPS) is 32.8. The van der Waals surface area contributed by atoms with Crippen molar-refractivity contribution in [3.05, 3.63) is 111 Å². The molecule has 0 aromatic heterocycles. The average molecular weight is 533 g/mol. The highest BCUT2D eigenvalue weighted by Crippen LogP contribution is 2.61. The molecule has 40 heavy (non-hydrogen) atoms. The molecule has 3 aromatic carbocycles. The van der Waals surface area contributed by atoms with Crippen LogP contribution in [0.15, 0.2) is 78.9 Å². The molecule has 5 heteroatoms. The zero-order chi connectivity index (χ0) is 26.8. The van der Waals surface area contributed by atoms with E-state index in [1.54, 1.807) is 17.7 Å². The minimum absolute atomic E-state index is 0.0957. The van der Waals surface area contributed by atoms with Gasteiger partial charge in [0.1, 0.15) is 12.4 Å². The zero-order valence-corrected chi connectivity index (χ0v) is 22.8. The first-order valence-corrected chi connectivity index (χ1v) is 15.1. The van der Waals surface area contributed by atoms with Crippen molar-refractivity contribution in [3.63, 3.8) is 0 Å². The average Bonchev–Trinajstić information content (AvgIpc) is 3.46. The molecule has 4 saturated carbocycles. The van der Waals surface area contributed by atoms with Gasteiger partial charge in [-0.1, -0.05) is 36.4 Å². The van der Waals surface area contributed by atoms with Crippen LogP contribution in [0, 0.1) is 33.8 Å². The Morgan fingerprint density at radius 3 is 2.27 bits per heavy atom. The number of benzene rings is 3. The van der Waals surface area contributed by atoms with Gasteiger partial charge in [0.25, 0.3) is 5.69 Å². The van der Waals surface area contributed by atoms with Gasteiger partial charge in [0.05, 0.1) is 11.0 Å². The van der Waals surface area contributed by atoms with Crippen molar-refractivity contribution in [2.75, 3.05) is 5.32 Å². The molecule has 3 atom stereocenters. The number of hydrogen-bond donors (Lipinski definition) is 1. The lowest BCUT2D eigenvalue weighted by Gasteiger charge is -2.57. The SMILES string of the molecule is O=[N+]([O-])c1ccc(COc2ccc([C@@H]3Nc4ccc(C56CC7CC(CC(C7)C5)C6)cc4[C@H]4C=CC[C@@H]43)cc2)cc1. The number of nitro groups is 1. The zero-order valence-electron chi connectivity index (χ0n) is 22.8. The molecule has 5 nitrogen and oxygen atoms in total. The molecule has 0 radical (unpaired) electrons. The highest BCUT2D eigenvalue weighted by atomic mass is 16.6. The van der Waals surface area contributed by atoms with Crippen LogP contribution in [0.5, 0.6) is 5.75 Å². The summed E-state index contributed by atoms with van der Waals surface area (Å²) >= 11 is 0. The molecule has 3 aromatic rings. The molecule has 6 aliphatic rings. The number of ether oxygens (including phenoxy) is 1. The van der Waals surface area contributed by atoms with Gasteiger partial charge in [-0.05, 0) is 127 Å². The number of nitrogens with zero attached hydrogens (tertiary/aromatic N) is 1. The monoisotopic (exact) mass is 532 g/mol. The number of non-ortho nitro benzene ring substituents is 1. The number of allylic oxidation sites excluding steroid dienone is 2. The van der Waals surface area contributed by atoms with E-state index in [0.717, 1.165) is 35.5 Å². The fourth-order valence-electron chi connectivity index (χ4n) is 9.37. The minimum Gasteiger partial charge on any atom is -0.489 e. The lowest BCUT2D eigenvalue weighted by Crippen LogP contribution is -2.48. The maximum absolute atomic E-state index is 10.9. The molecule has 5 aliphatic carbocycles. The maximum Gasteiger partial charge on any atom is 0.269 e. The van der Waals surface area contributed by atoms with Crippen LogP contribution >= 0.6 is 0 Å². The molecular weight excluding hydrogens is 496 g/mol. The second-order valence-corrected chi connectivity index (χ2v) is 13.3. The van der Waals surface area contributed by atoms with Crippen molar-refractivity contribution in [1.29, 1.82) is 0 Å². The van der Waals surface area contributed by atoms with E-state index in [4.69, 9.17) is 4.74 Å². The van der Waals surface area contributed by atoms with E-state index in [1.165, 1.54) is 67.5 Å². The number of nitro benzene ring substituents is 1. The Bertz CT molecular complexity index is 1440. The quantitative estimate of drug-likeness (QED) is 0.196. The molecule has 4 bridgehead atoms. The number of nitrogens with one attached hydrogen (secondary N) is 1. The molecule has 0 unspecified atom stereocenters. The van der Waals surface area contributed by atoms with Crippen molar-refractivity contribution >= 4 is 11.4 Å². The number of fused-ring (bicyclic) bond motifs is 3. The van der Waals surface area contributed by atoms with Gasteiger partial charge in [-0.15, -0.1) is 0 Å². The largest absolute Gasteiger partial charge is 0.489 e. The third kappa shape index (κ3) is 4.05. The fourth-order valence-corrected chi connectivity index (χ4v) is 9.37. The number of anilines is 1. The Morgan fingerprint density at radius 2 is 1.60 bits per heavy atom. The smallest absolute Gasteiger partial charge is 0.269 e. The molecule has 1 aliphatic heterocycles. The van der Waals surface area contributed by atoms with Crippen LogP contribution in [-0.4, -0.2) is 4.92 Å². The molecule has 204 valence electrons. The van der Waals surface area contributed by atoms with Crippen LogP contribution in [0.4, 0.5) is 11.4 Å². The van der Waals surface area contributed by atoms with Crippen LogP contribution < -0.4 is 10.1 Å². The van der Waals surface area contributed by atoms with Gasteiger partial charge in [-0.25, -0.2) is 0 Å². The molecule has 1 heterocycles. The summed E-state index contributed by atoms with van der Waals surface area (Å²) in [5, 5.41) is 14.8. The van der Waals surface area contributed by atoms with Crippen LogP contribution in [0.1, 0.15) is 79.2 Å². The summed E-state index contributed by atoms with van der Waals surface area (Å²) in [4.78, 5) is 10.5. The first-order chi connectivity index (χ1) is 19.5. The third-order valence-electron chi connectivity index (χ3n) is 10.8. The Morgan fingerprint density at radius 1 is 0.900 bits per heavy atom. The van der Waals surface area contributed by atoms with Crippen molar-refractivity contribution in [1.82, 2.24) is 0 Å². The van der Waals surface area contributed by atoms with Crippen LogP contribution in [0.3, 0.4) is 0 Å². The highest BCUT2D eigenvalue weighted by Gasteiger charge is 2.52. The topological polar surface area (TPSA) is 64.4 Å². The van der Waals surface area contributed by atoms with Gasteiger partial charge in [0, 0.05) is 23.7 Å². The fraction of sp³-hybridized carbons (Fsp3) is 0.429. The van der Waals surface area contributed by atoms with Gasteiger partial charge in [0.2, 0.25) is 0 Å². The van der Waals surface area contributed by atoms with E-state index in [1.807, 2.05) is 12.1 Å². The molecule has 0 spiro atoms. The van der Waals surface area contributed by atoms with Gasteiger partial charge in [0.15, 0.2) is 0 Å². The lowest BCUT2D eigenvalue weighted by atomic mass is 9.48. The lowest BCUT2D eigenvalue weighted by molar-refractivity contribution is -0.384. The first-order valence-electron chi connectivity index (χ1n) is 15.1. The van der Waals surface area contributed by atoms with E-state index in [9.17, 15) is 10.1 Å². The minimum atomic E-state index is -0.381. The van der Waals surface area contributed by atoms with Gasteiger partial charge in [-0.3, -0.25) is 10.1 Å². The van der Waals surface area contributed by atoms with Gasteiger partial charge in [-0.2, -0.15) is 0 Å². The van der Waals surface area contributed by atoms with Crippen molar-refractivity contribution in [2.45, 2.75) is 68.9 Å². The third-order valence-corrected chi connectivity index (χ3v) is 10.8. The Balaban J connectivity index is 1.00. The van der Waals surface area contributed by atoms with E-state index >= 15 is 0 Å².